The van der Waals surface area contributed by atoms with Crippen molar-refractivity contribution in [1.29, 1.82) is 0 Å². The number of aromatic nitrogens is 2. The van der Waals surface area contributed by atoms with Crippen LogP contribution in [0.5, 0.6) is 0 Å². The van der Waals surface area contributed by atoms with E-state index in [1.54, 1.807) is 31.2 Å². The first kappa shape index (κ1) is 16.5. The van der Waals surface area contributed by atoms with Crippen LogP contribution < -0.4 is 5.32 Å². The highest BCUT2D eigenvalue weighted by Gasteiger charge is 2.19. The van der Waals surface area contributed by atoms with E-state index in [4.69, 9.17) is 11.6 Å². The average Bonchev–Trinajstić information content (AvgIpc) is 2.85. The molecular formula is C14H16ClN3O3S. The molecule has 0 fully saturated rings. The third-order valence-corrected chi connectivity index (χ3v) is 4.27. The molecule has 8 heteroatoms. The van der Waals surface area contributed by atoms with Gasteiger partial charge in [0.2, 0.25) is 0 Å². The van der Waals surface area contributed by atoms with Crippen molar-refractivity contribution in [3.8, 4) is 11.3 Å². The van der Waals surface area contributed by atoms with Crippen LogP contribution in [0.15, 0.2) is 30.5 Å². The Morgan fingerprint density at radius 1 is 1.45 bits per heavy atom. The zero-order valence-corrected chi connectivity index (χ0v) is 13.7. The molecule has 118 valence electrons. The van der Waals surface area contributed by atoms with E-state index < -0.39 is 15.9 Å². The highest BCUT2D eigenvalue weighted by atomic mass is 35.5. The number of sulfone groups is 1. The van der Waals surface area contributed by atoms with Crippen LogP contribution in [-0.2, 0) is 9.84 Å². The smallest absolute Gasteiger partial charge is 0.255 e. The van der Waals surface area contributed by atoms with Crippen LogP contribution in [0.1, 0.15) is 17.3 Å². The summed E-state index contributed by atoms with van der Waals surface area (Å²) in [5.74, 6) is -0.511. The van der Waals surface area contributed by atoms with Gasteiger partial charge in [0, 0.05) is 22.9 Å². The standard InChI is InChI=1S/C14H16ClN3O3S/c1-9(8-22(2,20)21)17-14(19)12-7-16-18-13(12)10-4-3-5-11(15)6-10/h3-7,9H,8H2,1-2H3,(H,16,18)(H,17,19). The molecule has 22 heavy (non-hydrogen) atoms. The van der Waals surface area contributed by atoms with Gasteiger partial charge in [-0.2, -0.15) is 5.10 Å². The molecule has 1 aromatic carbocycles. The molecule has 1 unspecified atom stereocenters. The Morgan fingerprint density at radius 3 is 2.82 bits per heavy atom. The maximum absolute atomic E-state index is 12.3. The van der Waals surface area contributed by atoms with Crippen molar-refractivity contribution in [2.24, 2.45) is 0 Å². The van der Waals surface area contributed by atoms with Gasteiger partial charge in [-0.05, 0) is 19.1 Å². The van der Waals surface area contributed by atoms with Crippen LogP contribution in [0.3, 0.4) is 0 Å². The van der Waals surface area contributed by atoms with E-state index >= 15 is 0 Å². The fraction of sp³-hybridized carbons (Fsp3) is 0.286. The zero-order valence-electron chi connectivity index (χ0n) is 12.1. The summed E-state index contributed by atoms with van der Waals surface area (Å²) in [4.78, 5) is 12.3. The highest BCUT2D eigenvalue weighted by Crippen LogP contribution is 2.23. The Bertz CT molecular complexity index is 786. The van der Waals surface area contributed by atoms with Gasteiger partial charge in [-0.1, -0.05) is 23.7 Å². The quantitative estimate of drug-likeness (QED) is 0.868. The summed E-state index contributed by atoms with van der Waals surface area (Å²) < 4.78 is 22.5. The van der Waals surface area contributed by atoms with E-state index in [0.717, 1.165) is 11.8 Å². The Hall–Kier alpha value is -1.86. The summed E-state index contributed by atoms with van der Waals surface area (Å²) in [5.41, 5.74) is 1.60. The number of aromatic amines is 1. The fourth-order valence-corrected chi connectivity index (χ4v) is 3.30. The van der Waals surface area contributed by atoms with E-state index in [1.165, 1.54) is 6.20 Å². The maximum atomic E-state index is 12.3. The molecule has 1 atom stereocenters. The van der Waals surface area contributed by atoms with Crippen molar-refractivity contribution in [3.63, 3.8) is 0 Å². The first-order valence-electron chi connectivity index (χ1n) is 6.54. The van der Waals surface area contributed by atoms with Gasteiger partial charge in [-0.15, -0.1) is 0 Å². The summed E-state index contributed by atoms with van der Waals surface area (Å²) in [7, 11) is -3.16. The van der Waals surface area contributed by atoms with Crippen molar-refractivity contribution in [1.82, 2.24) is 15.5 Å². The van der Waals surface area contributed by atoms with Crippen LogP contribution >= 0.6 is 11.6 Å². The van der Waals surface area contributed by atoms with Crippen LogP contribution in [0.4, 0.5) is 0 Å². The maximum Gasteiger partial charge on any atom is 0.255 e. The average molecular weight is 342 g/mol. The van der Waals surface area contributed by atoms with Crippen LogP contribution in [0.2, 0.25) is 5.02 Å². The van der Waals surface area contributed by atoms with Gasteiger partial charge in [0.15, 0.2) is 0 Å². The van der Waals surface area contributed by atoms with Gasteiger partial charge in [0.25, 0.3) is 5.91 Å². The second-order valence-corrected chi connectivity index (χ2v) is 7.76. The molecule has 1 heterocycles. The minimum absolute atomic E-state index is 0.122. The van der Waals surface area contributed by atoms with E-state index in [1.807, 2.05) is 0 Å². The van der Waals surface area contributed by atoms with Crippen LogP contribution in [0, 0.1) is 0 Å². The van der Waals surface area contributed by atoms with Gasteiger partial charge < -0.3 is 5.32 Å². The lowest BCUT2D eigenvalue weighted by atomic mass is 10.1. The zero-order chi connectivity index (χ0) is 16.3. The molecular weight excluding hydrogens is 326 g/mol. The normalized spacial score (nSPS) is 12.9. The number of carbonyl (C=O) groups is 1. The van der Waals surface area contributed by atoms with Crippen molar-refractivity contribution in [2.45, 2.75) is 13.0 Å². The SMILES string of the molecule is CC(CS(C)(=O)=O)NC(=O)c1cn[nH]c1-c1cccc(Cl)c1. The van der Waals surface area contributed by atoms with E-state index in [2.05, 4.69) is 15.5 Å². The molecule has 0 spiro atoms. The van der Waals surface area contributed by atoms with Crippen LogP contribution in [-0.4, -0.2) is 42.6 Å². The van der Waals surface area contributed by atoms with Crippen molar-refractivity contribution in [3.05, 3.63) is 41.0 Å². The minimum atomic E-state index is -3.16. The van der Waals surface area contributed by atoms with Gasteiger partial charge in [0.05, 0.1) is 23.2 Å². The number of nitrogens with one attached hydrogen (secondary N) is 2. The van der Waals surface area contributed by atoms with Crippen LogP contribution in [0.25, 0.3) is 11.3 Å². The summed E-state index contributed by atoms with van der Waals surface area (Å²) in [6.07, 6.45) is 2.53. The number of hydrogen-bond donors (Lipinski definition) is 2. The first-order chi connectivity index (χ1) is 10.3. The van der Waals surface area contributed by atoms with Gasteiger partial charge in [-0.3, -0.25) is 9.89 Å². The summed E-state index contributed by atoms with van der Waals surface area (Å²) in [5, 5.41) is 9.85. The summed E-state index contributed by atoms with van der Waals surface area (Å²) in [6, 6.07) is 6.52. The number of carbonyl (C=O) groups excluding carboxylic acids is 1. The lowest BCUT2D eigenvalue weighted by molar-refractivity contribution is 0.0944. The minimum Gasteiger partial charge on any atom is -0.348 e. The Labute approximate surface area is 133 Å². The number of rotatable bonds is 5. The largest absolute Gasteiger partial charge is 0.348 e. The lowest BCUT2D eigenvalue weighted by Crippen LogP contribution is -2.37. The first-order valence-corrected chi connectivity index (χ1v) is 8.98. The Balaban J connectivity index is 2.20. The topological polar surface area (TPSA) is 91.9 Å². The molecule has 0 aliphatic carbocycles. The molecule has 1 amide bonds. The second kappa shape index (κ2) is 6.50. The molecule has 0 aliphatic rings. The number of H-pyrrole nitrogens is 1. The molecule has 2 rings (SSSR count). The van der Waals surface area contributed by atoms with Crippen molar-refractivity contribution in [2.75, 3.05) is 12.0 Å². The molecule has 2 N–H and O–H groups in total. The second-order valence-electron chi connectivity index (χ2n) is 5.14. The van der Waals surface area contributed by atoms with E-state index in [-0.39, 0.29) is 11.7 Å². The van der Waals surface area contributed by atoms with Crippen molar-refractivity contribution >= 4 is 27.3 Å². The van der Waals surface area contributed by atoms with Gasteiger partial charge in [-0.25, -0.2) is 8.42 Å². The summed E-state index contributed by atoms with van der Waals surface area (Å²) >= 11 is 5.95. The molecule has 6 nitrogen and oxygen atoms in total. The molecule has 0 bridgehead atoms. The van der Waals surface area contributed by atoms with Gasteiger partial charge >= 0.3 is 0 Å². The Kier molecular flexibility index (Phi) is 4.87. The predicted octanol–water partition coefficient (Wildman–Crippen LogP) is 1.89. The third kappa shape index (κ3) is 4.32. The molecule has 0 saturated carbocycles. The van der Waals surface area contributed by atoms with E-state index in [9.17, 15) is 13.2 Å². The van der Waals surface area contributed by atoms with Gasteiger partial charge in [0.1, 0.15) is 9.84 Å². The predicted molar refractivity (Wildman–Crippen MR) is 85.7 cm³/mol. The monoisotopic (exact) mass is 341 g/mol. The number of amides is 1. The third-order valence-electron chi connectivity index (χ3n) is 2.93. The number of halogens is 1. The molecule has 0 radical (unpaired) electrons. The molecule has 0 aliphatic heterocycles. The molecule has 0 saturated heterocycles. The Morgan fingerprint density at radius 2 is 2.18 bits per heavy atom. The van der Waals surface area contributed by atoms with E-state index in [0.29, 0.717) is 16.3 Å². The lowest BCUT2D eigenvalue weighted by Gasteiger charge is -2.12. The fourth-order valence-electron chi connectivity index (χ4n) is 2.12. The molecule has 2 aromatic rings. The number of benzene rings is 1. The number of hydrogen-bond acceptors (Lipinski definition) is 4. The highest BCUT2D eigenvalue weighted by molar-refractivity contribution is 7.90. The number of nitrogens with zero attached hydrogens (tertiary/aromatic N) is 1. The summed E-state index contributed by atoms with van der Waals surface area (Å²) in [6.45, 7) is 1.64. The molecule has 1 aromatic heterocycles. The van der Waals surface area contributed by atoms with Crippen molar-refractivity contribution < 1.29 is 13.2 Å².